The monoisotopic (exact) mass is 471 g/mol. The minimum atomic E-state index is -3.64. The largest absolute Gasteiger partial charge is 0.451 e. The van der Waals surface area contributed by atoms with E-state index in [4.69, 9.17) is 4.42 Å². The summed E-state index contributed by atoms with van der Waals surface area (Å²) in [7, 11) is 0.00834. The molecule has 0 unspecified atom stereocenters. The van der Waals surface area contributed by atoms with E-state index in [1.165, 1.54) is 46.8 Å². The first-order valence-corrected chi connectivity index (χ1v) is 12.1. The van der Waals surface area contributed by atoms with Crippen molar-refractivity contribution >= 4 is 21.6 Å². The standard InChI is InChI=1S/C24H26FN3O4S/c1-27-15-13-18(14-16-27)28(2)33(30,31)19-9-7-17(8-10-19)26-24(29)23-12-11-22(32-23)20-5-3-4-6-21(20)25/h3-12,18H,13-16H2,1-2H3,(H,26,29). The van der Waals surface area contributed by atoms with Crippen LogP contribution in [0.15, 0.2) is 70.0 Å². The van der Waals surface area contributed by atoms with Gasteiger partial charge < -0.3 is 14.6 Å². The Morgan fingerprint density at radius 2 is 1.73 bits per heavy atom. The highest BCUT2D eigenvalue weighted by atomic mass is 32.2. The summed E-state index contributed by atoms with van der Waals surface area (Å²) < 4.78 is 46.9. The lowest BCUT2D eigenvalue weighted by Gasteiger charge is -2.34. The van der Waals surface area contributed by atoms with E-state index in [-0.39, 0.29) is 28.0 Å². The Morgan fingerprint density at radius 1 is 1.06 bits per heavy atom. The van der Waals surface area contributed by atoms with E-state index in [1.807, 2.05) is 7.05 Å². The molecule has 1 aliphatic rings. The number of amides is 1. The molecule has 0 atom stereocenters. The van der Waals surface area contributed by atoms with Crippen molar-refractivity contribution in [2.45, 2.75) is 23.8 Å². The lowest BCUT2D eigenvalue weighted by molar-refractivity contribution is 0.0997. The molecule has 33 heavy (non-hydrogen) atoms. The van der Waals surface area contributed by atoms with Gasteiger partial charge in [-0.3, -0.25) is 4.79 Å². The fraction of sp³-hybridized carbons (Fsp3) is 0.292. The Labute approximate surface area is 192 Å². The highest BCUT2D eigenvalue weighted by Crippen LogP contribution is 2.26. The number of piperidine rings is 1. The number of furan rings is 1. The molecule has 2 aromatic carbocycles. The highest BCUT2D eigenvalue weighted by Gasteiger charge is 2.30. The minimum absolute atomic E-state index is 0.0203. The van der Waals surface area contributed by atoms with Gasteiger partial charge in [0.05, 0.1) is 10.5 Å². The predicted octanol–water partition coefficient (Wildman–Crippen LogP) is 4.05. The van der Waals surface area contributed by atoms with Gasteiger partial charge in [0, 0.05) is 18.8 Å². The van der Waals surface area contributed by atoms with Crippen molar-refractivity contribution in [3.05, 3.63) is 72.2 Å². The molecule has 1 amide bonds. The van der Waals surface area contributed by atoms with Crippen molar-refractivity contribution in [1.29, 1.82) is 0 Å². The number of hydrogen-bond acceptors (Lipinski definition) is 5. The average Bonchev–Trinajstić information content (AvgIpc) is 3.30. The lowest BCUT2D eigenvalue weighted by atomic mass is 10.1. The van der Waals surface area contributed by atoms with Crippen molar-refractivity contribution in [3.63, 3.8) is 0 Å². The van der Waals surface area contributed by atoms with Gasteiger partial charge in [-0.2, -0.15) is 4.31 Å². The molecule has 9 heteroatoms. The molecular formula is C24H26FN3O4S. The summed E-state index contributed by atoms with van der Waals surface area (Å²) in [5.74, 6) is -0.693. The first kappa shape index (κ1) is 23.2. The zero-order chi connectivity index (χ0) is 23.6. The summed E-state index contributed by atoms with van der Waals surface area (Å²) in [6, 6.07) is 15.1. The SMILES string of the molecule is CN1CCC(N(C)S(=O)(=O)c2ccc(NC(=O)c3ccc(-c4ccccc4F)o3)cc2)CC1. The molecule has 1 aromatic heterocycles. The van der Waals surface area contributed by atoms with Gasteiger partial charge in [0.15, 0.2) is 5.76 Å². The fourth-order valence-electron chi connectivity index (χ4n) is 3.89. The van der Waals surface area contributed by atoms with Gasteiger partial charge in [0.2, 0.25) is 10.0 Å². The molecule has 4 rings (SSSR count). The average molecular weight is 472 g/mol. The molecule has 174 valence electrons. The van der Waals surface area contributed by atoms with Gasteiger partial charge >= 0.3 is 0 Å². The van der Waals surface area contributed by atoms with E-state index in [9.17, 15) is 17.6 Å². The van der Waals surface area contributed by atoms with Crippen LogP contribution >= 0.6 is 0 Å². The van der Waals surface area contributed by atoms with Crippen LogP contribution in [0.1, 0.15) is 23.4 Å². The molecule has 1 N–H and O–H groups in total. The molecule has 2 heterocycles. The third-order valence-corrected chi connectivity index (χ3v) is 7.88. The smallest absolute Gasteiger partial charge is 0.291 e. The molecule has 7 nitrogen and oxygen atoms in total. The summed E-state index contributed by atoms with van der Waals surface area (Å²) in [6.07, 6.45) is 1.58. The van der Waals surface area contributed by atoms with Crippen molar-refractivity contribution in [1.82, 2.24) is 9.21 Å². The van der Waals surface area contributed by atoms with Crippen LogP contribution in [0.25, 0.3) is 11.3 Å². The van der Waals surface area contributed by atoms with Crippen molar-refractivity contribution in [3.8, 4) is 11.3 Å². The van der Waals surface area contributed by atoms with E-state index in [0.717, 1.165) is 25.9 Å². The fourth-order valence-corrected chi connectivity index (χ4v) is 5.31. The second kappa shape index (κ2) is 9.46. The van der Waals surface area contributed by atoms with Gasteiger partial charge in [0.1, 0.15) is 11.6 Å². The third-order valence-electron chi connectivity index (χ3n) is 5.96. The number of rotatable bonds is 6. The Balaban J connectivity index is 1.43. The second-order valence-corrected chi connectivity index (χ2v) is 10.2. The van der Waals surface area contributed by atoms with Crippen LogP contribution in [0.5, 0.6) is 0 Å². The Bertz CT molecular complexity index is 1230. The minimum Gasteiger partial charge on any atom is -0.451 e. The van der Waals surface area contributed by atoms with Crippen LogP contribution < -0.4 is 5.32 Å². The quantitative estimate of drug-likeness (QED) is 0.587. The van der Waals surface area contributed by atoms with Crippen LogP contribution in [0, 0.1) is 5.82 Å². The van der Waals surface area contributed by atoms with Gasteiger partial charge in [-0.1, -0.05) is 12.1 Å². The summed E-state index contributed by atoms with van der Waals surface area (Å²) in [6.45, 7) is 1.72. The summed E-state index contributed by atoms with van der Waals surface area (Å²) in [5.41, 5.74) is 0.685. The van der Waals surface area contributed by atoms with Gasteiger partial charge in [-0.05, 0) is 81.5 Å². The molecule has 0 radical (unpaired) electrons. The van der Waals surface area contributed by atoms with E-state index >= 15 is 0 Å². The van der Waals surface area contributed by atoms with Crippen molar-refractivity contribution < 1.29 is 22.0 Å². The molecule has 3 aromatic rings. The number of anilines is 1. The number of benzene rings is 2. The normalized spacial score (nSPS) is 15.6. The van der Waals surface area contributed by atoms with E-state index in [1.54, 1.807) is 25.2 Å². The highest BCUT2D eigenvalue weighted by molar-refractivity contribution is 7.89. The molecule has 0 bridgehead atoms. The lowest BCUT2D eigenvalue weighted by Crippen LogP contribution is -2.44. The third kappa shape index (κ3) is 5.00. The predicted molar refractivity (Wildman–Crippen MR) is 124 cm³/mol. The van der Waals surface area contributed by atoms with Crippen molar-refractivity contribution in [2.75, 3.05) is 32.5 Å². The van der Waals surface area contributed by atoms with Crippen LogP contribution in [-0.2, 0) is 10.0 Å². The maximum Gasteiger partial charge on any atom is 0.291 e. The van der Waals surface area contributed by atoms with Gasteiger partial charge in [0.25, 0.3) is 5.91 Å². The Kier molecular flexibility index (Phi) is 6.64. The maximum atomic E-state index is 13.9. The van der Waals surface area contributed by atoms with E-state index < -0.39 is 21.7 Å². The zero-order valence-corrected chi connectivity index (χ0v) is 19.3. The first-order chi connectivity index (χ1) is 15.8. The van der Waals surface area contributed by atoms with Crippen LogP contribution in [0.4, 0.5) is 10.1 Å². The number of carbonyl (C=O) groups excluding carboxylic acids is 1. The van der Waals surface area contributed by atoms with Crippen molar-refractivity contribution in [2.24, 2.45) is 0 Å². The topological polar surface area (TPSA) is 82.9 Å². The number of hydrogen-bond donors (Lipinski definition) is 1. The second-order valence-electron chi connectivity index (χ2n) is 8.18. The van der Waals surface area contributed by atoms with Crippen LogP contribution in [-0.4, -0.2) is 56.8 Å². The maximum absolute atomic E-state index is 13.9. The molecule has 0 aliphatic carbocycles. The Morgan fingerprint density at radius 3 is 2.39 bits per heavy atom. The number of likely N-dealkylation sites (tertiary alicyclic amines) is 1. The molecule has 1 fully saturated rings. The van der Waals surface area contributed by atoms with Gasteiger partial charge in [-0.25, -0.2) is 12.8 Å². The van der Waals surface area contributed by atoms with E-state index in [0.29, 0.717) is 5.69 Å². The summed E-state index contributed by atoms with van der Waals surface area (Å²) in [4.78, 5) is 14.9. The molecule has 0 spiro atoms. The molecule has 1 aliphatic heterocycles. The van der Waals surface area contributed by atoms with Crippen LogP contribution in [0.3, 0.4) is 0 Å². The van der Waals surface area contributed by atoms with Gasteiger partial charge in [-0.15, -0.1) is 0 Å². The Hall–Kier alpha value is -3.01. The molecule has 0 saturated carbocycles. The summed E-state index contributed by atoms with van der Waals surface area (Å²) in [5, 5.41) is 2.67. The summed E-state index contributed by atoms with van der Waals surface area (Å²) >= 11 is 0. The number of sulfonamides is 1. The molecular weight excluding hydrogens is 445 g/mol. The number of carbonyl (C=O) groups is 1. The number of nitrogens with zero attached hydrogens (tertiary/aromatic N) is 2. The zero-order valence-electron chi connectivity index (χ0n) is 18.5. The first-order valence-electron chi connectivity index (χ1n) is 10.7. The molecule has 1 saturated heterocycles. The van der Waals surface area contributed by atoms with Crippen LogP contribution in [0.2, 0.25) is 0 Å². The number of halogens is 1. The number of nitrogens with one attached hydrogen (secondary N) is 1. The van der Waals surface area contributed by atoms with E-state index in [2.05, 4.69) is 10.2 Å².